The third-order valence-electron chi connectivity index (χ3n) is 4.54. The minimum atomic E-state index is -0.306. The van der Waals surface area contributed by atoms with E-state index >= 15 is 0 Å². The van der Waals surface area contributed by atoms with Crippen molar-refractivity contribution in [2.75, 3.05) is 5.75 Å². The van der Waals surface area contributed by atoms with Crippen molar-refractivity contribution in [3.8, 4) is 0 Å². The molecule has 3 aliphatic rings. The van der Waals surface area contributed by atoms with Crippen LogP contribution in [0.2, 0.25) is 0 Å². The summed E-state index contributed by atoms with van der Waals surface area (Å²) >= 11 is 0.966. The van der Waals surface area contributed by atoms with Crippen molar-refractivity contribution in [3.05, 3.63) is 0 Å². The van der Waals surface area contributed by atoms with E-state index in [2.05, 4.69) is 23.2 Å². The number of carbonyl (C=O) groups is 1. The molecule has 2 unspecified atom stereocenters. The van der Waals surface area contributed by atoms with Crippen LogP contribution in [-0.4, -0.2) is 11.5 Å². The Morgan fingerprint density at radius 3 is 3.00 bits per heavy atom. The molecule has 5 heteroatoms. The van der Waals surface area contributed by atoms with Gasteiger partial charge in [0.1, 0.15) is 5.78 Å². The number of carbonyl (C=O) groups excluding carboxylic acids is 1. The number of ketones is 1. The van der Waals surface area contributed by atoms with Crippen LogP contribution in [0, 0.1) is 16.7 Å². The lowest BCUT2D eigenvalue weighted by molar-refractivity contribution is -0.777. The molecule has 3 fully saturated rings. The van der Waals surface area contributed by atoms with Crippen molar-refractivity contribution < 1.29 is 19.4 Å². The van der Waals surface area contributed by atoms with Crippen LogP contribution in [0.25, 0.3) is 0 Å². The van der Waals surface area contributed by atoms with Crippen molar-refractivity contribution in [1.82, 2.24) is 0 Å². The molecule has 2 atom stereocenters. The summed E-state index contributed by atoms with van der Waals surface area (Å²) in [6.07, 6.45) is 4.74. The fraction of sp³-hybridized carbons (Fsp3) is 0.917. The highest BCUT2D eigenvalue weighted by molar-refractivity contribution is 7.94. The molecule has 3 saturated carbocycles. The van der Waals surface area contributed by atoms with E-state index < -0.39 is 0 Å². The lowest BCUT2D eigenvalue weighted by Gasteiger charge is -2.45. The number of Topliss-reactive ketones (excluding diaryl/α,β-unsaturated/α-hetero) is 1. The second-order valence-corrected chi connectivity index (χ2v) is 6.72. The standard InChI is InChI=1S/C12H20O4S/c1-11(2)7-12(8-17-16-15-14)5-3-4-9(11)6-10(12)13/h9,14H,3-8H2,1-2H3/p-1. The van der Waals surface area contributed by atoms with Crippen LogP contribution in [0.5, 0.6) is 0 Å². The highest BCUT2D eigenvalue weighted by atomic mass is 32.2. The van der Waals surface area contributed by atoms with Crippen molar-refractivity contribution >= 4 is 17.8 Å². The summed E-state index contributed by atoms with van der Waals surface area (Å²) in [5, 5.41) is 13.2. The van der Waals surface area contributed by atoms with Crippen LogP contribution in [-0.2, 0) is 14.2 Å². The third kappa shape index (κ3) is 2.52. The predicted molar refractivity (Wildman–Crippen MR) is 62.4 cm³/mol. The van der Waals surface area contributed by atoms with Gasteiger partial charge >= 0.3 is 0 Å². The average Bonchev–Trinajstić information content (AvgIpc) is 2.47. The van der Waals surface area contributed by atoms with E-state index in [4.69, 9.17) is 0 Å². The zero-order valence-corrected chi connectivity index (χ0v) is 11.2. The van der Waals surface area contributed by atoms with E-state index in [1.165, 1.54) is 0 Å². The van der Waals surface area contributed by atoms with E-state index in [1.54, 1.807) is 0 Å². The summed E-state index contributed by atoms with van der Waals surface area (Å²) in [7, 11) is 0. The molecule has 0 heterocycles. The fourth-order valence-corrected chi connectivity index (χ4v) is 4.32. The van der Waals surface area contributed by atoms with Gasteiger partial charge in [0.15, 0.2) is 0 Å². The lowest BCUT2D eigenvalue weighted by atomic mass is 9.60. The second kappa shape index (κ2) is 4.88. The topological polar surface area (TPSA) is 58.6 Å². The first-order valence-electron chi connectivity index (χ1n) is 6.12. The molecule has 0 aromatic rings. The molecule has 2 bridgehead atoms. The summed E-state index contributed by atoms with van der Waals surface area (Å²) in [6, 6.07) is 0. The molecule has 0 amide bonds. The molecular formula is C12H19O4S-. The van der Waals surface area contributed by atoms with Gasteiger partial charge in [-0.3, -0.25) is 9.83 Å². The highest BCUT2D eigenvalue weighted by Gasteiger charge is 2.52. The first-order chi connectivity index (χ1) is 8.00. The monoisotopic (exact) mass is 259 g/mol. The summed E-state index contributed by atoms with van der Waals surface area (Å²) in [4.78, 5) is 12.3. The van der Waals surface area contributed by atoms with E-state index in [0.29, 0.717) is 23.9 Å². The molecule has 0 N–H and O–H groups in total. The zero-order valence-electron chi connectivity index (χ0n) is 10.4. The van der Waals surface area contributed by atoms with Crippen LogP contribution >= 0.6 is 12.0 Å². The zero-order chi connectivity index (χ0) is 12.5. The largest absolute Gasteiger partial charge is 0.691 e. The van der Waals surface area contributed by atoms with Crippen LogP contribution in [0.4, 0.5) is 0 Å². The first-order valence-corrected chi connectivity index (χ1v) is 7.03. The number of hydrogen-bond donors (Lipinski definition) is 0. The molecule has 17 heavy (non-hydrogen) atoms. The van der Waals surface area contributed by atoms with Crippen molar-refractivity contribution in [1.29, 1.82) is 0 Å². The highest BCUT2D eigenvalue weighted by Crippen LogP contribution is 2.55. The van der Waals surface area contributed by atoms with Gasteiger partial charge in [0.05, 0.1) is 0 Å². The van der Waals surface area contributed by atoms with Gasteiger partial charge in [-0.15, -0.1) is 0 Å². The Labute approximate surface area is 106 Å². The van der Waals surface area contributed by atoms with E-state index in [-0.39, 0.29) is 10.8 Å². The number of hydrogen-bond acceptors (Lipinski definition) is 5. The van der Waals surface area contributed by atoms with Gasteiger partial charge < -0.3 is 5.26 Å². The fourth-order valence-electron chi connectivity index (χ4n) is 3.60. The van der Waals surface area contributed by atoms with Crippen LogP contribution in [0.1, 0.15) is 46.0 Å². The van der Waals surface area contributed by atoms with Gasteiger partial charge in [0.25, 0.3) is 0 Å². The summed E-state index contributed by atoms with van der Waals surface area (Å²) < 4.78 is 4.35. The SMILES string of the molecule is CC1(C)CC2(CSOO[O-])CCCC1CC2=O. The van der Waals surface area contributed by atoms with Crippen LogP contribution in [0.3, 0.4) is 0 Å². The number of fused-ring (bicyclic) bond motifs is 4. The quantitative estimate of drug-likeness (QED) is 0.334. The predicted octanol–water partition coefficient (Wildman–Crippen LogP) is 2.03. The van der Waals surface area contributed by atoms with Gasteiger partial charge in [-0.2, -0.15) is 4.33 Å². The maximum absolute atomic E-state index is 12.3. The van der Waals surface area contributed by atoms with E-state index in [1.807, 2.05) is 0 Å². The van der Waals surface area contributed by atoms with Crippen LogP contribution in [0.15, 0.2) is 0 Å². The van der Waals surface area contributed by atoms with Gasteiger partial charge in [-0.1, -0.05) is 20.3 Å². The maximum Gasteiger partial charge on any atom is 0.140 e. The first kappa shape index (κ1) is 13.3. The summed E-state index contributed by atoms with van der Waals surface area (Å²) in [5.41, 5.74) is -0.0943. The van der Waals surface area contributed by atoms with Crippen molar-refractivity contribution in [2.24, 2.45) is 16.7 Å². The Morgan fingerprint density at radius 2 is 2.29 bits per heavy atom. The lowest BCUT2D eigenvalue weighted by Crippen LogP contribution is -2.45. The van der Waals surface area contributed by atoms with Gasteiger partial charge in [0, 0.05) is 29.6 Å². The Morgan fingerprint density at radius 1 is 1.53 bits per heavy atom. The molecule has 0 saturated heterocycles. The summed E-state index contributed by atoms with van der Waals surface area (Å²) in [6.45, 7) is 4.50. The van der Waals surface area contributed by atoms with Crippen LogP contribution < -0.4 is 5.26 Å². The molecule has 0 radical (unpaired) electrons. The minimum Gasteiger partial charge on any atom is -0.691 e. The minimum absolute atomic E-state index is 0.212. The average molecular weight is 259 g/mol. The van der Waals surface area contributed by atoms with E-state index in [9.17, 15) is 10.1 Å². The molecule has 0 spiro atoms. The normalized spacial score (nSPS) is 35.9. The van der Waals surface area contributed by atoms with Crippen molar-refractivity contribution in [3.63, 3.8) is 0 Å². The smallest absolute Gasteiger partial charge is 0.140 e. The van der Waals surface area contributed by atoms with E-state index in [0.717, 1.165) is 37.7 Å². The molecule has 98 valence electrons. The van der Waals surface area contributed by atoms with Crippen molar-refractivity contribution in [2.45, 2.75) is 46.0 Å². The molecular weight excluding hydrogens is 240 g/mol. The summed E-state index contributed by atoms with van der Waals surface area (Å²) in [5.74, 6) is 1.40. The van der Waals surface area contributed by atoms with Gasteiger partial charge in [-0.25, -0.2) is 0 Å². The second-order valence-electron chi connectivity index (χ2n) is 6.06. The Bertz CT molecular complexity index is 305. The Kier molecular flexibility index (Phi) is 3.83. The third-order valence-corrected chi connectivity index (χ3v) is 5.36. The maximum atomic E-state index is 12.3. The Hall–Kier alpha value is -0.100. The molecule has 0 aliphatic heterocycles. The molecule has 3 aliphatic carbocycles. The molecule has 0 aromatic heterocycles. The number of rotatable bonds is 4. The van der Waals surface area contributed by atoms with Gasteiger partial charge in [0.2, 0.25) is 0 Å². The Balaban J connectivity index is 2.14. The molecule has 3 rings (SSSR count). The molecule has 4 nitrogen and oxygen atoms in total. The molecule has 0 aromatic carbocycles. The van der Waals surface area contributed by atoms with Gasteiger partial charge in [-0.05, 0) is 30.6 Å².